The molecule has 0 fully saturated rings. The second kappa shape index (κ2) is 6.04. The highest BCUT2D eigenvalue weighted by atomic mass is 16.6. The Morgan fingerprint density at radius 2 is 1.95 bits per heavy atom. The molecule has 0 bridgehead atoms. The fraction of sp³-hybridized carbons (Fsp3) is 0.133. The van der Waals surface area contributed by atoms with Crippen molar-refractivity contribution in [3.8, 4) is 5.75 Å². The number of nitrogens with zero attached hydrogens (tertiary/aromatic N) is 1. The average Bonchev–Trinajstić information content (AvgIpc) is 2.47. The van der Waals surface area contributed by atoms with E-state index in [1.165, 1.54) is 19.2 Å². The van der Waals surface area contributed by atoms with Crippen molar-refractivity contribution in [2.24, 2.45) is 0 Å². The molecule has 21 heavy (non-hydrogen) atoms. The van der Waals surface area contributed by atoms with Gasteiger partial charge in [0.15, 0.2) is 0 Å². The second-order valence-corrected chi connectivity index (χ2v) is 4.41. The molecular formula is C15H14N2O4. The molecule has 0 aliphatic rings. The number of amides is 1. The zero-order chi connectivity index (χ0) is 15.4. The van der Waals surface area contributed by atoms with E-state index in [0.717, 1.165) is 5.56 Å². The van der Waals surface area contributed by atoms with Gasteiger partial charge in [-0.15, -0.1) is 0 Å². The molecule has 0 saturated heterocycles. The molecule has 0 aliphatic heterocycles. The number of carbonyl (C=O) groups excluding carboxylic acids is 1. The second-order valence-electron chi connectivity index (χ2n) is 4.41. The van der Waals surface area contributed by atoms with Crippen molar-refractivity contribution in [2.75, 3.05) is 12.4 Å². The van der Waals surface area contributed by atoms with Gasteiger partial charge in [-0.1, -0.05) is 18.2 Å². The lowest BCUT2D eigenvalue weighted by molar-refractivity contribution is -0.384. The van der Waals surface area contributed by atoms with Crippen LogP contribution in [0.5, 0.6) is 5.75 Å². The number of anilines is 1. The van der Waals surface area contributed by atoms with Crippen LogP contribution in [0.1, 0.15) is 15.9 Å². The number of nitrogens with one attached hydrogen (secondary N) is 1. The standard InChI is InChI=1S/C15H14N2O4/c1-10-5-3-4-6-12(10)15(18)16-13-8-7-11(21-2)9-14(13)17(19)20/h3-9H,1-2H3,(H,16,18). The molecule has 0 aliphatic carbocycles. The zero-order valence-corrected chi connectivity index (χ0v) is 11.6. The lowest BCUT2D eigenvalue weighted by Crippen LogP contribution is -2.14. The predicted octanol–water partition coefficient (Wildman–Crippen LogP) is 3.16. The highest BCUT2D eigenvalue weighted by Crippen LogP contribution is 2.29. The average molecular weight is 286 g/mol. The first-order valence-corrected chi connectivity index (χ1v) is 6.22. The van der Waals surface area contributed by atoms with Crippen LogP contribution in [0.4, 0.5) is 11.4 Å². The summed E-state index contributed by atoms with van der Waals surface area (Å²) in [6.45, 7) is 1.80. The highest BCUT2D eigenvalue weighted by molar-refractivity contribution is 6.06. The minimum absolute atomic E-state index is 0.133. The van der Waals surface area contributed by atoms with Gasteiger partial charge in [-0.05, 0) is 30.7 Å². The summed E-state index contributed by atoms with van der Waals surface area (Å²) in [5, 5.41) is 13.6. The van der Waals surface area contributed by atoms with Gasteiger partial charge in [-0.2, -0.15) is 0 Å². The van der Waals surface area contributed by atoms with Crippen LogP contribution in [0.25, 0.3) is 0 Å². The number of ether oxygens (including phenoxy) is 1. The maximum Gasteiger partial charge on any atom is 0.296 e. The SMILES string of the molecule is COc1ccc(NC(=O)c2ccccc2C)c([N+](=O)[O-])c1. The van der Waals surface area contributed by atoms with E-state index >= 15 is 0 Å². The number of methoxy groups -OCH3 is 1. The molecule has 108 valence electrons. The summed E-state index contributed by atoms with van der Waals surface area (Å²) >= 11 is 0. The molecule has 1 amide bonds. The topological polar surface area (TPSA) is 81.5 Å². The summed E-state index contributed by atoms with van der Waals surface area (Å²) in [4.78, 5) is 22.7. The summed E-state index contributed by atoms with van der Waals surface area (Å²) in [6, 6.07) is 11.3. The van der Waals surface area contributed by atoms with Crippen LogP contribution in [-0.4, -0.2) is 17.9 Å². The molecular weight excluding hydrogens is 272 g/mol. The number of aryl methyl sites for hydroxylation is 1. The lowest BCUT2D eigenvalue weighted by Gasteiger charge is -2.09. The van der Waals surface area contributed by atoms with Gasteiger partial charge in [-0.25, -0.2) is 0 Å². The molecule has 0 unspecified atom stereocenters. The number of nitro groups is 1. The Morgan fingerprint density at radius 3 is 2.57 bits per heavy atom. The number of hydrogen-bond donors (Lipinski definition) is 1. The number of rotatable bonds is 4. The summed E-state index contributed by atoms with van der Waals surface area (Å²) in [6.07, 6.45) is 0. The molecule has 0 radical (unpaired) electrons. The van der Waals surface area contributed by atoms with E-state index in [4.69, 9.17) is 4.74 Å². The van der Waals surface area contributed by atoms with Gasteiger partial charge in [0, 0.05) is 5.56 Å². The molecule has 0 atom stereocenters. The van der Waals surface area contributed by atoms with Gasteiger partial charge in [-0.3, -0.25) is 14.9 Å². The first-order chi connectivity index (χ1) is 10.0. The van der Waals surface area contributed by atoms with Gasteiger partial charge in [0.1, 0.15) is 11.4 Å². The van der Waals surface area contributed by atoms with Crippen molar-refractivity contribution in [1.82, 2.24) is 0 Å². The molecule has 0 saturated carbocycles. The third-order valence-corrected chi connectivity index (χ3v) is 3.04. The number of nitro benzene ring substituents is 1. The Morgan fingerprint density at radius 1 is 1.24 bits per heavy atom. The van der Waals surface area contributed by atoms with Crippen molar-refractivity contribution in [1.29, 1.82) is 0 Å². The molecule has 6 heteroatoms. The zero-order valence-electron chi connectivity index (χ0n) is 11.6. The summed E-state index contributed by atoms with van der Waals surface area (Å²) in [5.74, 6) is -0.0306. The first kappa shape index (κ1) is 14.5. The molecule has 1 N–H and O–H groups in total. The Bertz CT molecular complexity index is 698. The van der Waals surface area contributed by atoms with Gasteiger partial charge >= 0.3 is 0 Å². The first-order valence-electron chi connectivity index (χ1n) is 6.22. The van der Waals surface area contributed by atoms with E-state index in [0.29, 0.717) is 11.3 Å². The molecule has 2 rings (SSSR count). The maximum absolute atomic E-state index is 12.2. The summed E-state index contributed by atoms with van der Waals surface area (Å²) in [7, 11) is 1.42. The van der Waals surface area contributed by atoms with Crippen LogP contribution in [0, 0.1) is 17.0 Å². The normalized spacial score (nSPS) is 10.0. The van der Waals surface area contributed by atoms with E-state index in [1.54, 1.807) is 31.2 Å². The van der Waals surface area contributed by atoms with Crippen LogP contribution >= 0.6 is 0 Å². The Hall–Kier alpha value is -2.89. The fourth-order valence-electron chi connectivity index (χ4n) is 1.91. The molecule has 0 spiro atoms. The van der Waals surface area contributed by atoms with Crippen LogP contribution < -0.4 is 10.1 Å². The van der Waals surface area contributed by atoms with E-state index in [2.05, 4.69) is 5.32 Å². The van der Waals surface area contributed by atoms with E-state index in [-0.39, 0.29) is 17.3 Å². The van der Waals surface area contributed by atoms with Crippen LogP contribution in [-0.2, 0) is 0 Å². The van der Waals surface area contributed by atoms with Crippen molar-refractivity contribution in [2.45, 2.75) is 6.92 Å². The number of carbonyl (C=O) groups is 1. The fourth-order valence-corrected chi connectivity index (χ4v) is 1.91. The highest BCUT2D eigenvalue weighted by Gasteiger charge is 2.18. The number of benzene rings is 2. The molecule has 2 aromatic rings. The third-order valence-electron chi connectivity index (χ3n) is 3.04. The summed E-state index contributed by atoms with van der Waals surface area (Å²) in [5.41, 5.74) is 1.19. The van der Waals surface area contributed by atoms with Crippen LogP contribution in [0.2, 0.25) is 0 Å². The van der Waals surface area contributed by atoms with Gasteiger partial charge in [0.2, 0.25) is 0 Å². The minimum atomic E-state index is -0.560. The van der Waals surface area contributed by atoms with Crippen LogP contribution in [0.3, 0.4) is 0 Å². The summed E-state index contributed by atoms with van der Waals surface area (Å²) < 4.78 is 4.95. The van der Waals surface area contributed by atoms with Crippen molar-refractivity contribution in [3.05, 3.63) is 63.7 Å². The van der Waals surface area contributed by atoms with E-state index < -0.39 is 4.92 Å². The van der Waals surface area contributed by atoms with Crippen molar-refractivity contribution < 1.29 is 14.5 Å². The maximum atomic E-state index is 12.2. The quantitative estimate of drug-likeness (QED) is 0.691. The van der Waals surface area contributed by atoms with Crippen LogP contribution in [0.15, 0.2) is 42.5 Å². The van der Waals surface area contributed by atoms with Crippen molar-refractivity contribution >= 4 is 17.3 Å². The number of hydrogen-bond acceptors (Lipinski definition) is 4. The van der Waals surface area contributed by atoms with Gasteiger partial charge < -0.3 is 10.1 Å². The Kier molecular flexibility index (Phi) is 4.18. The van der Waals surface area contributed by atoms with E-state index in [1.807, 2.05) is 6.07 Å². The molecule has 6 nitrogen and oxygen atoms in total. The predicted molar refractivity (Wildman–Crippen MR) is 78.8 cm³/mol. The Balaban J connectivity index is 2.33. The molecule has 2 aromatic carbocycles. The van der Waals surface area contributed by atoms with Gasteiger partial charge in [0.25, 0.3) is 11.6 Å². The third kappa shape index (κ3) is 3.17. The molecule has 0 heterocycles. The largest absolute Gasteiger partial charge is 0.496 e. The lowest BCUT2D eigenvalue weighted by atomic mass is 10.1. The van der Waals surface area contributed by atoms with Crippen molar-refractivity contribution in [3.63, 3.8) is 0 Å². The Labute approximate surface area is 121 Å². The monoisotopic (exact) mass is 286 g/mol. The smallest absolute Gasteiger partial charge is 0.296 e. The molecule has 0 aromatic heterocycles. The van der Waals surface area contributed by atoms with E-state index in [9.17, 15) is 14.9 Å². The van der Waals surface area contributed by atoms with Gasteiger partial charge in [0.05, 0.1) is 18.1 Å². The minimum Gasteiger partial charge on any atom is -0.496 e.